The van der Waals surface area contributed by atoms with E-state index in [0.717, 1.165) is 43.0 Å². The number of nitrogens with zero attached hydrogens (tertiary/aromatic N) is 2. The fraction of sp³-hybridized carbons (Fsp3) is 0.667. The van der Waals surface area contributed by atoms with E-state index in [9.17, 15) is 0 Å². The van der Waals surface area contributed by atoms with Gasteiger partial charge in [-0.3, -0.25) is 9.89 Å². The van der Waals surface area contributed by atoms with Crippen LogP contribution in [0.3, 0.4) is 0 Å². The summed E-state index contributed by atoms with van der Waals surface area (Å²) in [4.78, 5) is 6.87. The molecule has 5 heteroatoms. The van der Waals surface area contributed by atoms with Crippen LogP contribution in [0.25, 0.3) is 0 Å². The van der Waals surface area contributed by atoms with E-state index in [0.29, 0.717) is 0 Å². The Hall–Kier alpha value is -0.140. The minimum absolute atomic E-state index is 0.901. The van der Waals surface area contributed by atoms with Gasteiger partial charge in [-0.1, -0.05) is 0 Å². The van der Waals surface area contributed by atoms with E-state index in [-0.39, 0.29) is 0 Å². The van der Waals surface area contributed by atoms with Crippen molar-refractivity contribution >= 4 is 28.3 Å². The zero-order chi connectivity index (χ0) is 9.80. The first-order valence-electron chi connectivity index (χ1n) is 4.93. The van der Waals surface area contributed by atoms with E-state index in [1.54, 1.807) is 0 Å². The van der Waals surface area contributed by atoms with Crippen LogP contribution in [0.2, 0.25) is 0 Å². The second kappa shape index (κ2) is 5.09. The molecule has 0 spiro atoms. The van der Waals surface area contributed by atoms with Crippen LogP contribution >= 0.6 is 22.6 Å². The third-order valence-electron chi connectivity index (χ3n) is 2.44. The molecule has 2 aliphatic heterocycles. The minimum Gasteiger partial charge on any atom is -0.374 e. The molecule has 14 heavy (non-hydrogen) atoms. The van der Waals surface area contributed by atoms with Gasteiger partial charge in [-0.2, -0.15) is 0 Å². The van der Waals surface area contributed by atoms with E-state index >= 15 is 0 Å². The van der Waals surface area contributed by atoms with Crippen LogP contribution in [-0.2, 0) is 0 Å². The molecule has 78 valence electrons. The third kappa shape index (κ3) is 2.93. The minimum atomic E-state index is 0.901. The van der Waals surface area contributed by atoms with E-state index < -0.39 is 0 Å². The molecule has 0 atom stereocenters. The molecular formula is C9H15IN4. The summed E-state index contributed by atoms with van der Waals surface area (Å²) < 4.78 is 1.13. The number of halogens is 1. The largest absolute Gasteiger partial charge is 0.374 e. The lowest BCUT2D eigenvalue weighted by Crippen LogP contribution is -2.46. The van der Waals surface area contributed by atoms with E-state index in [1.165, 1.54) is 5.71 Å². The highest BCUT2D eigenvalue weighted by atomic mass is 127. The lowest BCUT2D eigenvalue weighted by molar-refractivity contribution is 0.271. The Morgan fingerprint density at radius 2 is 2.21 bits per heavy atom. The summed E-state index contributed by atoms with van der Waals surface area (Å²) in [6.45, 7) is 6.40. The van der Waals surface area contributed by atoms with Crippen molar-refractivity contribution in [3.63, 3.8) is 0 Å². The summed E-state index contributed by atoms with van der Waals surface area (Å²) in [5, 5.41) is 6.65. The van der Waals surface area contributed by atoms with Gasteiger partial charge in [0.15, 0.2) is 0 Å². The van der Waals surface area contributed by atoms with Crippen LogP contribution < -0.4 is 10.6 Å². The molecule has 0 unspecified atom stereocenters. The van der Waals surface area contributed by atoms with E-state index in [2.05, 4.69) is 43.1 Å². The van der Waals surface area contributed by atoms with Gasteiger partial charge in [-0.15, -0.1) is 0 Å². The quantitative estimate of drug-likeness (QED) is 0.564. The number of rotatable bonds is 2. The molecule has 4 nitrogen and oxygen atoms in total. The average molecular weight is 306 g/mol. The molecule has 0 radical (unpaired) electrons. The zero-order valence-corrected chi connectivity index (χ0v) is 10.2. The monoisotopic (exact) mass is 306 g/mol. The second-order valence-corrected chi connectivity index (χ2v) is 4.71. The van der Waals surface area contributed by atoms with Crippen LogP contribution in [0.4, 0.5) is 0 Å². The normalized spacial score (nSPS) is 23.8. The number of aliphatic imine (C=N–C) groups is 1. The van der Waals surface area contributed by atoms with Crippen molar-refractivity contribution in [3.8, 4) is 0 Å². The van der Waals surface area contributed by atoms with E-state index in [1.807, 2.05) is 6.20 Å². The first-order valence-corrected chi connectivity index (χ1v) is 6.00. The zero-order valence-electron chi connectivity index (χ0n) is 8.09. The summed E-state index contributed by atoms with van der Waals surface area (Å²) in [5.41, 5.74) is 1.24. The number of piperazine rings is 1. The number of hydrogen-bond acceptors (Lipinski definition) is 4. The highest BCUT2D eigenvalue weighted by Crippen LogP contribution is 2.05. The maximum atomic E-state index is 4.43. The molecular weight excluding hydrogens is 291 g/mol. The smallest absolute Gasteiger partial charge is 0.0920 e. The number of hydrogen-bond donors (Lipinski definition) is 2. The Morgan fingerprint density at radius 3 is 2.86 bits per heavy atom. The Bertz CT molecular complexity index is 256. The van der Waals surface area contributed by atoms with Gasteiger partial charge in [0.05, 0.1) is 22.2 Å². The van der Waals surface area contributed by atoms with E-state index in [4.69, 9.17) is 0 Å². The maximum Gasteiger partial charge on any atom is 0.0920 e. The molecule has 1 fully saturated rings. The first kappa shape index (κ1) is 10.4. The van der Waals surface area contributed by atoms with Crippen LogP contribution in [0.1, 0.15) is 0 Å². The van der Waals surface area contributed by atoms with Crippen molar-refractivity contribution in [2.75, 3.05) is 39.3 Å². The number of nitrogens with one attached hydrogen (secondary N) is 2. The fourth-order valence-corrected chi connectivity index (χ4v) is 1.98. The molecule has 0 saturated carbocycles. The van der Waals surface area contributed by atoms with Gasteiger partial charge in [0.25, 0.3) is 0 Å². The highest BCUT2D eigenvalue weighted by Gasteiger charge is 2.13. The molecule has 0 bridgehead atoms. The van der Waals surface area contributed by atoms with Gasteiger partial charge in [0, 0.05) is 32.7 Å². The fourth-order valence-electron chi connectivity index (χ4n) is 1.65. The predicted molar refractivity (Wildman–Crippen MR) is 66.9 cm³/mol. The molecule has 0 aromatic heterocycles. The Kier molecular flexibility index (Phi) is 3.77. The molecule has 2 aliphatic rings. The van der Waals surface area contributed by atoms with Gasteiger partial charge >= 0.3 is 0 Å². The second-order valence-electron chi connectivity index (χ2n) is 3.55. The molecule has 0 aromatic rings. The molecule has 2 rings (SSSR count). The molecule has 1 saturated heterocycles. The van der Waals surface area contributed by atoms with Gasteiger partial charge in [0.2, 0.25) is 0 Å². The summed E-state index contributed by atoms with van der Waals surface area (Å²) in [7, 11) is 0. The van der Waals surface area contributed by atoms with Crippen molar-refractivity contribution in [3.05, 3.63) is 9.90 Å². The van der Waals surface area contributed by atoms with Gasteiger partial charge in [0.1, 0.15) is 0 Å². The summed E-state index contributed by atoms with van der Waals surface area (Å²) in [6, 6.07) is 0. The average Bonchev–Trinajstić information content (AvgIpc) is 2.23. The topological polar surface area (TPSA) is 39.7 Å². The third-order valence-corrected chi connectivity index (χ3v) is 3.10. The van der Waals surface area contributed by atoms with Crippen LogP contribution in [-0.4, -0.2) is 49.9 Å². The predicted octanol–water partition coefficient (Wildman–Crippen LogP) is 0.170. The van der Waals surface area contributed by atoms with Crippen molar-refractivity contribution < 1.29 is 0 Å². The molecule has 0 aromatic carbocycles. The lowest BCUT2D eigenvalue weighted by atomic mass is 10.3. The summed E-state index contributed by atoms with van der Waals surface area (Å²) >= 11 is 2.26. The highest BCUT2D eigenvalue weighted by molar-refractivity contribution is 14.1. The van der Waals surface area contributed by atoms with Crippen molar-refractivity contribution in [1.29, 1.82) is 0 Å². The SMILES string of the molecule is IC1=CN=C(CN2CCNCC2)CN1. The van der Waals surface area contributed by atoms with Gasteiger partial charge in [-0.25, -0.2) is 0 Å². The molecule has 0 aliphatic carbocycles. The van der Waals surface area contributed by atoms with Crippen LogP contribution in [0, 0.1) is 0 Å². The van der Waals surface area contributed by atoms with Crippen molar-refractivity contribution in [2.45, 2.75) is 0 Å². The van der Waals surface area contributed by atoms with Gasteiger partial charge in [-0.05, 0) is 22.6 Å². The molecule has 2 N–H and O–H groups in total. The lowest BCUT2D eigenvalue weighted by Gasteiger charge is -2.28. The molecule has 0 amide bonds. The standard InChI is InChI=1S/C9H15IN4/c10-9-6-12-8(5-13-9)7-14-3-1-11-2-4-14/h6,11,13H,1-5,7H2. The summed E-state index contributed by atoms with van der Waals surface area (Å²) in [6.07, 6.45) is 1.90. The Morgan fingerprint density at radius 1 is 1.43 bits per heavy atom. The first-order chi connectivity index (χ1) is 6.84. The Labute approximate surface area is 98.0 Å². The van der Waals surface area contributed by atoms with Crippen molar-refractivity contribution in [1.82, 2.24) is 15.5 Å². The van der Waals surface area contributed by atoms with Crippen LogP contribution in [0.15, 0.2) is 14.9 Å². The Balaban J connectivity index is 1.84. The summed E-state index contributed by atoms with van der Waals surface area (Å²) in [5.74, 6) is 0. The van der Waals surface area contributed by atoms with Crippen molar-refractivity contribution in [2.24, 2.45) is 4.99 Å². The maximum absolute atomic E-state index is 4.43. The molecule has 2 heterocycles. The van der Waals surface area contributed by atoms with Gasteiger partial charge < -0.3 is 10.6 Å². The van der Waals surface area contributed by atoms with Crippen LogP contribution in [0.5, 0.6) is 0 Å².